The summed E-state index contributed by atoms with van der Waals surface area (Å²) < 4.78 is 4.81. The average Bonchev–Trinajstić information content (AvgIpc) is 2.60. The van der Waals surface area contributed by atoms with Crippen molar-refractivity contribution in [3.05, 3.63) is 76.9 Å². The van der Waals surface area contributed by atoms with Crippen LogP contribution in [0.25, 0.3) is 6.08 Å². The lowest BCUT2D eigenvalue weighted by molar-refractivity contribution is -0.142. The summed E-state index contributed by atoms with van der Waals surface area (Å²) in [7, 11) is 1.32. The van der Waals surface area contributed by atoms with Crippen LogP contribution in [-0.2, 0) is 9.53 Å². The number of ether oxygens (including phenoxy) is 1. The highest BCUT2D eigenvalue weighted by atomic mass is 16.5. The zero-order valence-electron chi connectivity index (χ0n) is 14.8. The van der Waals surface area contributed by atoms with Gasteiger partial charge in [0.15, 0.2) is 0 Å². The van der Waals surface area contributed by atoms with Gasteiger partial charge in [-0.25, -0.2) is 4.79 Å². The minimum Gasteiger partial charge on any atom is -0.467 e. The minimum atomic E-state index is -0.724. The molecule has 1 amide bonds. The molecule has 1 atom stereocenters. The summed E-state index contributed by atoms with van der Waals surface area (Å²) in [5.74, 6) is -0.745. The zero-order chi connectivity index (χ0) is 18.2. The van der Waals surface area contributed by atoms with Crippen molar-refractivity contribution in [3.8, 4) is 0 Å². The van der Waals surface area contributed by atoms with Crippen LogP contribution in [0.1, 0.15) is 33.5 Å². The van der Waals surface area contributed by atoms with E-state index >= 15 is 0 Å². The van der Waals surface area contributed by atoms with Gasteiger partial charge < -0.3 is 10.1 Å². The molecule has 0 saturated heterocycles. The van der Waals surface area contributed by atoms with Gasteiger partial charge in [0.1, 0.15) is 6.04 Å². The number of carbonyl (C=O) groups excluding carboxylic acids is 2. The van der Waals surface area contributed by atoms with Gasteiger partial charge in [-0.1, -0.05) is 59.7 Å². The van der Waals surface area contributed by atoms with Gasteiger partial charge in [0.05, 0.1) is 7.11 Å². The van der Waals surface area contributed by atoms with Crippen molar-refractivity contribution in [3.63, 3.8) is 0 Å². The Labute approximate surface area is 148 Å². The summed E-state index contributed by atoms with van der Waals surface area (Å²) in [6.07, 6.45) is 4.13. The highest BCUT2D eigenvalue weighted by Crippen LogP contribution is 2.10. The maximum Gasteiger partial charge on any atom is 0.328 e. The van der Waals surface area contributed by atoms with Gasteiger partial charge in [0.25, 0.3) is 5.91 Å². The molecule has 130 valence electrons. The Hall–Kier alpha value is -2.88. The first-order valence-corrected chi connectivity index (χ1v) is 8.18. The Bertz CT molecular complexity index is 746. The summed E-state index contributed by atoms with van der Waals surface area (Å²) in [4.78, 5) is 24.5. The minimum absolute atomic E-state index is 0.282. The van der Waals surface area contributed by atoms with Crippen LogP contribution in [0.4, 0.5) is 0 Å². The van der Waals surface area contributed by atoms with E-state index in [1.165, 1.54) is 7.11 Å². The molecule has 0 aliphatic heterocycles. The van der Waals surface area contributed by atoms with E-state index in [4.69, 9.17) is 4.74 Å². The first-order chi connectivity index (χ1) is 12.0. The third kappa shape index (κ3) is 5.60. The number of rotatable bonds is 6. The number of amides is 1. The third-order valence-corrected chi connectivity index (χ3v) is 3.76. The number of nitrogens with one attached hydrogen (secondary N) is 1. The smallest absolute Gasteiger partial charge is 0.328 e. The largest absolute Gasteiger partial charge is 0.467 e. The van der Waals surface area contributed by atoms with Crippen molar-refractivity contribution in [2.24, 2.45) is 0 Å². The summed E-state index contributed by atoms with van der Waals surface area (Å²) in [6.45, 7) is 3.87. The summed E-state index contributed by atoms with van der Waals surface area (Å²) in [6, 6.07) is 14.6. The highest BCUT2D eigenvalue weighted by Gasteiger charge is 2.21. The van der Waals surface area contributed by atoms with E-state index in [2.05, 4.69) is 5.32 Å². The standard InChI is InChI=1S/C21H23NO3/c1-15-12-16(2)14-18(13-15)20(23)22-19(21(24)25-3)11-7-10-17-8-5-4-6-9-17/h4-10,12-14,19H,11H2,1-3H3,(H,22,23)/b10-7+/t19-/m0/s1. The molecule has 0 fully saturated rings. The van der Waals surface area contributed by atoms with Gasteiger partial charge in [-0.3, -0.25) is 4.79 Å². The van der Waals surface area contributed by atoms with Crippen LogP contribution in [0, 0.1) is 13.8 Å². The number of hydrogen-bond donors (Lipinski definition) is 1. The average molecular weight is 337 g/mol. The molecule has 4 nitrogen and oxygen atoms in total. The molecule has 0 bridgehead atoms. The summed E-state index contributed by atoms with van der Waals surface area (Å²) in [5, 5.41) is 2.76. The third-order valence-electron chi connectivity index (χ3n) is 3.76. The van der Waals surface area contributed by atoms with Crippen molar-refractivity contribution >= 4 is 18.0 Å². The zero-order valence-corrected chi connectivity index (χ0v) is 14.8. The van der Waals surface area contributed by atoms with Gasteiger partial charge in [0, 0.05) is 5.56 Å². The van der Waals surface area contributed by atoms with Crippen molar-refractivity contribution in [1.82, 2.24) is 5.32 Å². The molecule has 1 N–H and O–H groups in total. The first kappa shape index (κ1) is 18.5. The van der Waals surface area contributed by atoms with Gasteiger partial charge in [-0.15, -0.1) is 0 Å². The number of carbonyl (C=O) groups is 2. The molecular formula is C21H23NO3. The first-order valence-electron chi connectivity index (χ1n) is 8.18. The maximum atomic E-state index is 12.5. The van der Waals surface area contributed by atoms with Crippen LogP contribution in [-0.4, -0.2) is 25.0 Å². The van der Waals surface area contributed by atoms with E-state index < -0.39 is 12.0 Å². The fourth-order valence-corrected chi connectivity index (χ4v) is 2.61. The molecule has 2 aromatic rings. The van der Waals surface area contributed by atoms with Gasteiger partial charge in [-0.2, -0.15) is 0 Å². The SMILES string of the molecule is COC(=O)[C@H](C/C=C/c1ccccc1)NC(=O)c1cc(C)cc(C)c1. The van der Waals surface area contributed by atoms with Crippen LogP contribution in [0.2, 0.25) is 0 Å². The van der Waals surface area contributed by atoms with Crippen LogP contribution in [0.15, 0.2) is 54.6 Å². The van der Waals surface area contributed by atoms with E-state index in [0.717, 1.165) is 16.7 Å². The van der Waals surface area contributed by atoms with Crippen LogP contribution < -0.4 is 5.32 Å². The monoisotopic (exact) mass is 337 g/mol. The van der Waals surface area contributed by atoms with E-state index in [1.807, 2.05) is 62.4 Å². The van der Waals surface area contributed by atoms with Gasteiger partial charge in [0.2, 0.25) is 0 Å². The molecule has 2 aromatic carbocycles. The molecule has 0 saturated carbocycles. The highest BCUT2D eigenvalue weighted by molar-refractivity contribution is 5.97. The fourth-order valence-electron chi connectivity index (χ4n) is 2.61. The molecule has 0 heterocycles. The van der Waals surface area contributed by atoms with E-state index in [-0.39, 0.29) is 5.91 Å². The Kier molecular flexibility index (Phi) is 6.52. The van der Waals surface area contributed by atoms with Crippen molar-refractivity contribution in [2.75, 3.05) is 7.11 Å². The Morgan fingerprint density at radius 2 is 1.72 bits per heavy atom. The molecule has 25 heavy (non-hydrogen) atoms. The van der Waals surface area contributed by atoms with E-state index in [1.54, 1.807) is 12.1 Å². The molecule has 0 aliphatic rings. The van der Waals surface area contributed by atoms with Crippen molar-refractivity contribution < 1.29 is 14.3 Å². The quantitative estimate of drug-likeness (QED) is 0.818. The molecule has 0 radical (unpaired) electrons. The van der Waals surface area contributed by atoms with Gasteiger partial charge >= 0.3 is 5.97 Å². The molecule has 2 rings (SSSR count). The van der Waals surface area contributed by atoms with E-state index in [9.17, 15) is 9.59 Å². The molecule has 0 aromatic heterocycles. The maximum absolute atomic E-state index is 12.5. The molecule has 0 aliphatic carbocycles. The molecule has 4 heteroatoms. The summed E-state index contributed by atoms with van der Waals surface area (Å²) >= 11 is 0. The Balaban J connectivity index is 2.08. The second-order valence-electron chi connectivity index (χ2n) is 5.97. The topological polar surface area (TPSA) is 55.4 Å². The van der Waals surface area contributed by atoms with Crippen molar-refractivity contribution in [1.29, 1.82) is 0 Å². The van der Waals surface area contributed by atoms with Crippen LogP contribution in [0.5, 0.6) is 0 Å². The van der Waals surface area contributed by atoms with Crippen molar-refractivity contribution in [2.45, 2.75) is 26.3 Å². The second-order valence-corrected chi connectivity index (χ2v) is 5.97. The van der Waals surface area contributed by atoms with E-state index in [0.29, 0.717) is 12.0 Å². The number of esters is 1. The molecule has 0 unspecified atom stereocenters. The number of aryl methyl sites for hydroxylation is 2. The Morgan fingerprint density at radius 1 is 1.08 bits per heavy atom. The number of methoxy groups -OCH3 is 1. The fraction of sp³-hybridized carbons (Fsp3) is 0.238. The predicted molar refractivity (Wildman–Crippen MR) is 99.3 cm³/mol. The predicted octanol–water partition coefficient (Wildman–Crippen LogP) is 3.68. The lowest BCUT2D eigenvalue weighted by Gasteiger charge is -2.15. The van der Waals surface area contributed by atoms with Gasteiger partial charge in [-0.05, 0) is 38.0 Å². The lowest BCUT2D eigenvalue weighted by Crippen LogP contribution is -2.41. The lowest BCUT2D eigenvalue weighted by atomic mass is 10.1. The molecule has 0 spiro atoms. The Morgan fingerprint density at radius 3 is 2.32 bits per heavy atom. The number of benzene rings is 2. The second kappa shape index (κ2) is 8.83. The summed E-state index contributed by atoms with van der Waals surface area (Å²) in [5.41, 5.74) is 3.58. The normalized spacial score (nSPS) is 12.0. The molecular weight excluding hydrogens is 314 g/mol. The van der Waals surface area contributed by atoms with Crippen LogP contribution in [0.3, 0.4) is 0 Å². The van der Waals surface area contributed by atoms with Crippen LogP contribution >= 0.6 is 0 Å². The number of hydrogen-bond acceptors (Lipinski definition) is 3.